The van der Waals surface area contributed by atoms with Crippen LogP contribution in [0.1, 0.15) is 24.1 Å². The van der Waals surface area contributed by atoms with Crippen LogP contribution in [0.2, 0.25) is 0 Å². The Kier molecular flexibility index (Phi) is 4.33. The zero-order valence-electron chi connectivity index (χ0n) is 14.9. The Morgan fingerprint density at radius 2 is 2.00 bits per heavy atom. The number of benzene rings is 1. The van der Waals surface area contributed by atoms with E-state index in [0.29, 0.717) is 35.0 Å². The molecule has 0 saturated carbocycles. The number of halogens is 3. The number of fused-ring (bicyclic) bond motifs is 1. The Morgan fingerprint density at radius 1 is 1.29 bits per heavy atom. The second-order valence-corrected chi connectivity index (χ2v) is 6.55. The highest BCUT2D eigenvalue weighted by Crippen LogP contribution is 2.32. The molecule has 2 aromatic heterocycles. The van der Waals surface area contributed by atoms with E-state index in [1.807, 2.05) is 6.92 Å². The highest BCUT2D eigenvalue weighted by Gasteiger charge is 2.33. The van der Waals surface area contributed by atoms with Gasteiger partial charge < -0.3 is 19.2 Å². The SMILES string of the molecule is Cc1nc(-c2onc3c2CN(C(=O)Nc2cc(F)c(F)c(F)c2)C(C)C3)co1. The topological polar surface area (TPSA) is 84.4 Å². The van der Waals surface area contributed by atoms with E-state index in [2.05, 4.69) is 15.5 Å². The van der Waals surface area contributed by atoms with Crippen molar-refractivity contribution in [3.8, 4) is 11.5 Å². The van der Waals surface area contributed by atoms with Gasteiger partial charge >= 0.3 is 6.03 Å². The molecule has 28 heavy (non-hydrogen) atoms. The van der Waals surface area contributed by atoms with E-state index in [1.54, 1.807) is 6.92 Å². The van der Waals surface area contributed by atoms with E-state index < -0.39 is 23.5 Å². The van der Waals surface area contributed by atoms with Gasteiger partial charge in [0, 0.05) is 42.8 Å². The number of aryl methyl sites for hydroxylation is 1. The minimum absolute atomic E-state index is 0.152. The number of urea groups is 1. The van der Waals surface area contributed by atoms with Gasteiger partial charge in [0.15, 0.2) is 29.1 Å². The first-order valence-electron chi connectivity index (χ1n) is 8.45. The van der Waals surface area contributed by atoms with Gasteiger partial charge in [-0.1, -0.05) is 5.16 Å². The molecule has 1 N–H and O–H groups in total. The van der Waals surface area contributed by atoms with E-state index in [1.165, 1.54) is 11.2 Å². The Balaban J connectivity index is 1.58. The van der Waals surface area contributed by atoms with E-state index in [0.717, 1.165) is 12.1 Å². The standard InChI is InChI=1S/C18H15F3N4O3/c1-8-3-14-11(17(28-24-14)15-7-27-9(2)22-15)6-25(8)18(26)23-10-4-12(19)16(21)13(20)5-10/h4-5,7-8H,3,6H2,1-2H3,(H,23,26). The molecule has 0 spiro atoms. The van der Waals surface area contributed by atoms with Gasteiger partial charge in [-0.25, -0.2) is 22.9 Å². The van der Waals surface area contributed by atoms with E-state index in [4.69, 9.17) is 8.94 Å². The van der Waals surface area contributed by atoms with Crippen LogP contribution in [0.5, 0.6) is 0 Å². The zero-order chi connectivity index (χ0) is 20.0. The number of nitrogens with one attached hydrogen (secondary N) is 1. The molecule has 10 heteroatoms. The van der Waals surface area contributed by atoms with Gasteiger partial charge in [-0.05, 0) is 6.92 Å². The monoisotopic (exact) mass is 392 g/mol. The first kappa shape index (κ1) is 18.1. The quantitative estimate of drug-likeness (QED) is 0.666. The number of carbonyl (C=O) groups is 1. The van der Waals surface area contributed by atoms with Crippen LogP contribution < -0.4 is 5.32 Å². The minimum Gasteiger partial charge on any atom is -0.449 e. The summed E-state index contributed by atoms with van der Waals surface area (Å²) >= 11 is 0. The maximum Gasteiger partial charge on any atom is 0.322 e. The lowest BCUT2D eigenvalue weighted by molar-refractivity contribution is 0.182. The summed E-state index contributed by atoms with van der Waals surface area (Å²) in [5.41, 5.74) is 1.66. The van der Waals surface area contributed by atoms with Crippen LogP contribution in [0.15, 0.2) is 27.3 Å². The molecule has 0 radical (unpaired) electrons. The Bertz CT molecular complexity index is 1040. The summed E-state index contributed by atoms with van der Waals surface area (Å²) < 4.78 is 50.5. The molecule has 1 aromatic carbocycles. The predicted molar refractivity (Wildman–Crippen MR) is 90.8 cm³/mol. The molecule has 0 saturated heterocycles. The number of rotatable bonds is 2. The third-order valence-corrected chi connectivity index (χ3v) is 4.57. The Hall–Kier alpha value is -3.30. The average molecular weight is 392 g/mol. The first-order valence-corrected chi connectivity index (χ1v) is 8.45. The molecule has 1 aliphatic heterocycles. The summed E-state index contributed by atoms with van der Waals surface area (Å²) in [5, 5.41) is 6.44. The van der Waals surface area contributed by atoms with Gasteiger partial charge in [0.1, 0.15) is 12.0 Å². The molecule has 146 valence electrons. The van der Waals surface area contributed by atoms with E-state index in [-0.39, 0.29) is 18.3 Å². The molecule has 3 aromatic rings. The number of nitrogens with zero attached hydrogens (tertiary/aromatic N) is 3. The number of amides is 2. The van der Waals surface area contributed by atoms with Crippen LogP contribution in [-0.4, -0.2) is 27.1 Å². The fraction of sp³-hybridized carbons (Fsp3) is 0.278. The van der Waals surface area contributed by atoms with Crippen molar-refractivity contribution in [1.82, 2.24) is 15.0 Å². The lowest BCUT2D eigenvalue weighted by atomic mass is 9.99. The van der Waals surface area contributed by atoms with Gasteiger partial charge in [-0.2, -0.15) is 0 Å². The number of hydrogen-bond acceptors (Lipinski definition) is 5. The smallest absolute Gasteiger partial charge is 0.322 e. The van der Waals surface area contributed by atoms with Crippen LogP contribution in [0.25, 0.3) is 11.5 Å². The number of anilines is 1. The molecule has 1 unspecified atom stereocenters. The van der Waals surface area contributed by atoms with Crippen LogP contribution in [0.4, 0.5) is 23.7 Å². The normalized spacial score (nSPS) is 16.2. The number of aromatic nitrogens is 2. The van der Waals surface area contributed by atoms with Gasteiger partial charge in [-0.15, -0.1) is 0 Å². The van der Waals surface area contributed by atoms with Gasteiger partial charge in [0.2, 0.25) is 0 Å². The van der Waals surface area contributed by atoms with Crippen molar-refractivity contribution in [2.45, 2.75) is 32.9 Å². The second kappa shape index (κ2) is 6.70. The molecular formula is C18H15F3N4O3. The van der Waals surface area contributed by atoms with Crippen molar-refractivity contribution in [2.75, 3.05) is 5.32 Å². The fourth-order valence-electron chi connectivity index (χ4n) is 3.15. The predicted octanol–water partition coefficient (Wildman–Crippen LogP) is 4.03. The first-order chi connectivity index (χ1) is 13.3. The van der Waals surface area contributed by atoms with Crippen LogP contribution in [0, 0.1) is 24.4 Å². The fourth-order valence-corrected chi connectivity index (χ4v) is 3.15. The minimum atomic E-state index is -1.59. The summed E-state index contributed by atoms with van der Waals surface area (Å²) in [6.45, 7) is 3.65. The van der Waals surface area contributed by atoms with Crippen molar-refractivity contribution in [1.29, 1.82) is 0 Å². The molecule has 0 bridgehead atoms. The van der Waals surface area contributed by atoms with Crippen LogP contribution >= 0.6 is 0 Å². The lowest BCUT2D eigenvalue weighted by Gasteiger charge is -2.32. The summed E-state index contributed by atoms with van der Waals surface area (Å²) in [7, 11) is 0. The Labute approximate surface area is 157 Å². The molecule has 2 amide bonds. The average Bonchev–Trinajstić information content (AvgIpc) is 3.24. The second-order valence-electron chi connectivity index (χ2n) is 6.55. The van der Waals surface area contributed by atoms with Crippen molar-refractivity contribution >= 4 is 11.7 Å². The molecule has 0 fully saturated rings. The van der Waals surface area contributed by atoms with Crippen molar-refractivity contribution in [3.05, 3.63) is 53.0 Å². The lowest BCUT2D eigenvalue weighted by Crippen LogP contribution is -2.44. The summed E-state index contributed by atoms with van der Waals surface area (Å²) in [6.07, 6.45) is 1.86. The molecule has 3 heterocycles. The molecule has 0 aliphatic carbocycles. The molecule has 4 rings (SSSR count). The maximum absolute atomic E-state index is 13.4. The third-order valence-electron chi connectivity index (χ3n) is 4.57. The zero-order valence-corrected chi connectivity index (χ0v) is 14.9. The molecule has 7 nitrogen and oxygen atoms in total. The van der Waals surface area contributed by atoms with Gasteiger partial charge in [0.25, 0.3) is 0 Å². The molecular weight excluding hydrogens is 377 g/mol. The summed E-state index contributed by atoms with van der Waals surface area (Å²) in [4.78, 5) is 18.3. The Morgan fingerprint density at radius 3 is 2.64 bits per heavy atom. The third kappa shape index (κ3) is 3.10. The number of oxazole rings is 1. The van der Waals surface area contributed by atoms with Gasteiger partial charge in [-0.3, -0.25) is 0 Å². The highest BCUT2D eigenvalue weighted by atomic mass is 19.2. The van der Waals surface area contributed by atoms with E-state index in [9.17, 15) is 18.0 Å². The summed E-state index contributed by atoms with van der Waals surface area (Å²) in [5.74, 6) is -3.50. The van der Waals surface area contributed by atoms with Crippen molar-refractivity contribution < 1.29 is 26.9 Å². The largest absolute Gasteiger partial charge is 0.449 e. The summed E-state index contributed by atoms with van der Waals surface area (Å²) in [6, 6.07) is 0.602. The number of hydrogen-bond donors (Lipinski definition) is 1. The molecule has 1 aliphatic rings. The molecule has 1 atom stereocenters. The highest BCUT2D eigenvalue weighted by molar-refractivity contribution is 5.89. The van der Waals surface area contributed by atoms with Crippen molar-refractivity contribution in [3.63, 3.8) is 0 Å². The number of carbonyl (C=O) groups excluding carboxylic acids is 1. The van der Waals surface area contributed by atoms with Crippen molar-refractivity contribution in [2.24, 2.45) is 0 Å². The van der Waals surface area contributed by atoms with Gasteiger partial charge in [0.05, 0.1) is 12.2 Å². The van der Waals surface area contributed by atoms with Crippen LogP contribution in [0.3, 0.4) is 0 Å². The van der Waals surface area contributed by atoms with Crippen LogP contribution in [-0.2, 0) is 13.0 Å². The maximum atomic E-state index is 13.4. The van der Waals surface area contributed by atoms with E-state index >= 15 is 0 Å².